The molecule has 128 valence electrons. The molecular formula is C17H21ClN4OS. The standard InChI is InChI=1S/C17H21ClN4OS/c1-13-15(17(18)20(2)19-13)5-6-16(23)22-9-7-21(8-10-22)12-14-4-3-11-24-14/h3-6,11H,7-10,12H2,1-2H3/b6-5+. The number of rotatable bonds is 4. The van der Waals surface area contributed by atoms with Crippen molar-refractivity contribution in [1.82, 2.24) is 19.6 Å². The first kappa shape index (κ1) is 17.2. The van der Waals surface area contributed by atoms with Gasteiger partial charge in [0, 0.05) is 56.3 Å². The van der Waals surface area contributed by atoms with Gasteiger partial charge in [0.15, 0.2) is 0 Å². The quantitative estimate of drug-likeness (QED) is 0.783. The lowest BCUT2D eigenvalue weighted by Gasteiger charge is -2.33. The van der Waals surface area contributed by atoms with Gasteiger partial charge in [-0.25, -0.2) is 0 Å². The molecule has 1 aliphatic rings. The van der Waals surface area contributed by atoms with Gasteiger partial charge in [0.25, 0.3) is 0 Å². The van der Waals surface area contributed by atoms with Crippen LogP contribution in [0.3, 0.4) is 0 Å². The smallest absolute Gasteiger partial charge is 0.246 e. The molecule has 0 bridgehead atoms. The van der Waals surface area contributed by atoms with E-state index in [0.717, 1.165) is 44.0 Å². The Labute approximate surface area is 151 Å². The highest BCUT2D eigenvalue weighted by Crippen LogP contribution is 2.20. The van der Waals surface area contributed by atoms with Crippen molar-refractivity contribution in [2.24, 2.45) is 7.05 Å². The van der Waals surface area contributed by atoms with Crippen molar-refractivity contribution in [2.45, 2.75) is 13.5 Å². The summed E-state index contributed by atoms with van der Waals surface area (Å²) in [5.41, 5.74) is 1.64. The summed E-state index contributed by atoms with van der Waals surface area (Å²) in [5, 5.41) is 6.91. The summed E-state index contributed by atoms with van der Waals surface area (Å²) in [7, 11) is 1.79. The van der Waals surface area contributed by atoms with Gasteiger partial charge in [-0.1, -0.05) is 17.7 Å². The molecule has 1 saturated heterocycles. The molecule has 0 N–H and O–H groups in total. The van der Waals surface area contributed by atoms with Gasteiger partial charge in [0.05, 0.1) is 5.69 Å². The number of carbonyl (C=O) groups is 1. The Morgan fingerprint density at radius 1 is 1.38 bits per heavy atom. The molecule has 0 atom stereocenters. The summed E-state index contributed by atoms with van der Waals surface area (Å²) < 4.78 is 1.62. The average Bonchev–Trinajstić information content (AvgIpc) is 3.15. The number of hydrogen-bond donors (Lipinski definition) is 0. The molecular weight excluding hydrogens is 344 g/mol. The van der Waals surface area contributed by atoms with Gasteiger partial charge in [-0.3, -0.25) is 14.4 Å². The molecule has 1 amide bonds. The highest BCUT2D eigenvalue weighted by Gasteiger charge is 2.20. The largest absolute Gasteiger partial charge is 0.337 e. The maximum atomic E-state index is 12.4. The Kier molecular flexibility index (Phi) is 5.38. The van der Waals surface area contributed by atoms with Crippen LogP contribution in [-0.2, 0) is 18.4 Å². The number of aryl methyl sites for hydroxylation is 2. The lowest BCUT2D eigenvalue weighted by molar-refractivity contribution is -0.127. The Morgan fingerprint density at radius 2 is 2.12 bits per heavy atom. The number of halogens is 1. The van der Waals surface area contributed by atoms with Gasteiger partial charge >= 0.3 is 0 Å². The number of nitrogens with zero attached hydrogens (tertiary/aromatic N) is 4. The van der Waals surface area contributed by atoms with Gasteiger partial charge in [0.2, 0.25) is 5.91 Å². The molecule has 1 aliphatic heterocycles. The van der Waals surface area contributed by atoms with Crippen molar-refractivity contribution < 1.29 is 4.79 Å². The zero-order valence-corrected chi connectivity index (χ0v) is 15.5. The van der Waals surface area contributed by atoms with Crippen molar-refractivity contribution in [3.05, 3.63) is 44.9 Å². The summed E-state index contributed by atoms with van der Waals surface area (Å²) >= 11 is 7.97. The van der Waals surface area contributed by atoms with Crippen LogP contribution in [-0.4, -0.2) is 51.7 Å². The minimum Gasteiger partial charge on any atom is -0.337 e. The lowest BCUT2D eigenvalue weighted by Crippen LogP contribution is -2.47. The second-order valence-corrected chi connectivity index (χ2v) is 7.32. The number of carbonyl (C=O) groups excluding carboxylic acids is 1. The zero-order valence-electron chi connectivity index (χ0n) is 13.9. The molecule has 3 heterocycles. The summed E-state index contributed by atoms with van der Waals surface area (Å²) in [6.07, 6.45) is 3.37. The van der Waals surface area contributed by atoms with E-state index in [1.807, 2.05) is 11.8 Å². The van der Waals surface area contributed by atoms with Crippen LogP contribution in [0.1, 0.15) is 16.1 Å². The molecule has 0 aromatic carbocycles. The monoisotopic (exact) mass is 364 g/mol. The van der Waals surface area contributed by atoms with Crippen molar-refractivity contribution in [2.75, 3.05) is 26.2 Å². The van der Waals surface area contributed by atoms with Crippen LogP contribution in [0.5, 0.6) is 0 Å². The Balaban J connectivity index is 1.54. The molecule has 2 aromatic rings. The number of hydrogen-bond acceptors (Lipinski definition) is 4. The van der Waals surface area contributed by atoms with E-state index in [1.165, 1.54) is 4.88 Å². The van der Waals surface area contributed by atoms with Gasteiger partial charge in [0.1, 0.15) is 5.15 Å². The third-order valence-electron chi connectivity index (χ3n) is 4.23. The van der Waals surface area contributed by atoms with Crippen LogP contribution in [0, 0.1) is 6.92 Å². The minimum absolute atomic E-state index is 0.0325. The van der Waals surface area contributed by atoms with E-state index in [4.69, 9.17) is 11.6 Å². The van der Waals surface area contributed by atoms with Gasteiger partial charge < -0.3 is 4.90 Å². The van der Waals surface area contributed by atoms with Crippen molar-refractivity contribution >= 4 is 34.9 Å². The normalized spacial score (nSPS) is 16.2. The fraction of sp³-hybridized carbons (Fsp3) is 0.412. The fourth-order valence-electron chi connectivity index (χ4n) is 2.85. The highest BCUT2D eigenvalue weighted by molar-refractivity contribution is 7.09. The van der Waals surface area contributed by atoms with Crippen molar-refractivity contribution in [1.29, 1.82) is 0 Å². The molecule has 0 spiro atoms. The lowest BCUT2D eigenvalue weighted by atomic mass is 10.2. The molecule has 24 heavy (non-hydrogen) atoms. The predicted octanol–water partition coefficient (Wildman–Crippen LogP) is 2.80. The van der Waals surface area contributed by atoms with Gasteiger partial charge in [-0.2, -0.15) is 5.10 Å². The average molecular weight is 365 g/mol. The first-order valence-electron chi connectivity index (χ1n) is 7.95. The number of thiophene rings is 1. The van der Waals surface area contributed by atoms with E-state index in [2.05, 4.69) is 27.5 Å². The highest BCUT2D eigenvalue weighted by atomic mass is 35.5. The summed E-state index contributed by atoms with van der Waals surface area (Å²) in [5.74, 6) is 0.0325. The molecule has 0 radical (unpaired) electrons. The Bertz CT molecular complexity index is 730. The second-order valence-electron chi connectivity index (χ2n) is 5.93. The SMILES string of the molecule is Cc1nn(C)c(Cl)c1/C=C/C(=O)N1CCN(Cc2cccs2)CC1. The van der Waals surface area contributed by atoms with E-state index >= 15 is 0 Å². The number of amides is 1. The maximum absolute atomic E-state index is 12.4. The third kappa shape index (κ3) is 3.88. The minimum atomic E-state index is 0.0325. The molecule has 0 aliphatic carbocycles. The third-order valence-corrected chi connectivity index (χ3v) is 5.54. The molecule has 2 aromatic heterocycles. The fourth-order valence-corrected chi connectivity index (χ4v) is 3.83. The van der Waals surface area contributed by atoms with Gasteiger partial charge in [-0.05, 0) is 24.4 Å². The number of piperazine rings is 1. The first-order chi connectivity index (χ1) is 11.5. The molecule has 0 unspecified atom stereocenters. The van der Waals surface area contributed by atoms with E-state index < -0.39 is 0 Å². The summed E-state index contributed by atoms with van der Waals surface area (Å²) in [4.78, 5) is 18.0. The van der Waals surface area contributed by atoms with Crippen LogP contribution in [0.4, 0.5) is 0 Å². The van der Waals surface area contributed by atoms with Crippen molar-refractivity contribution in [3.8, 4) is 0 Å². The van der Waals surface area contributed by atoms with Gasteiger partial charge in [-0.15, -0.1) is 11.3 Å². The zero-order chi connectivity index (χ0) is 17.1. The maximum Gasteiger partial charge on any atom is 0.246 e. The second kappa shape index (κ2) is 7.51. The molecule has 0 saturated carbocycles. The van der Waals surface area contributed by atoms with E-state index in [1.54, 1.807) is 35.2 Å². The number of aromatic nitrogens is 2. The molecule has 1 fully saturated rings. The summed E-state index contributed by atoms with van der Waals surface area (Å²) in [6, 6.07) is 4.24. The van der Waals surface area contributed by atoms with Crippen LogP contribution in [0.15, 0.2) is 23.6 Å². The summed E-state index contributed by atoms with van der Waals surface area (Å²) in [6.45, 7) is 6.19. The van der Waals surface area contributed by atoms with E-state index in [-0.39, 0.29) is 5.91 Å². The predicted molar refractivity (Wildman–Crippen MR) is 98.2 cm³/mol. The van der Waals surface area contributed by atoms with E-state index in [0.29, 0.717) is 5.15 Å². The van der Waals surface area contributed by atoms with Crippen LogP contribution < -0.4 is 0 Å². The van der Waals surface area contributed by atoms with Crippen LogP contribution >= 0.6 is 22.9 Å². The van der Waals surface area contributed by atoms with Crippen LogP contribution in [0.2, 0.25) is 5.15 Å². The molecule has 7 heteroatoms. The topological polar surface area (TPSA) is 41.4 Å². The van der Waals surface area contributed by atoms with Crippen molar-refractivity contribution in [3.63, 3.8) is 0 Å². The first-order valence-corrected chi connectivity index (χ1v) is 9.21. The van der Waals surface area contributed by atoms with Crippen LogP contribution in [0.25, 0.3) is 6.08 Å². The van der Waals surface area contributed by atoms with E-state index in [9.17, 15) is 4.79 Å². The molecule has 5 nitrogen and oxygen atoms in total. The Morgan fingerprint density at radius 3 is 2.71 bits per heavy atom. The molecule has 3 rings (SSSR count). The Hall–Kier alpha value is -1.63.